The van der Waals surface area contributed by atoms with Crippen LogP contribution >= 0.6 is 0 Å². The molecular formula is C26H33FN2O. The number of aromatic nitrogens is 2. The highest BCUT2D eigenvalue weighted by Crippen LogP contribution is 2.37. The molecule has 0 N–H and O–H groups in total. The smallest absolute Gasteiger partial charge is 0.186 e. The third-order valence-corrected chi connectivity index (χ3v) is 5.68. The summed E-state index contributed by atoms with van der Waals surface area (Å²) in [6.45, 7) is 8.45. The molecule has 0 saturated carbocycles. The van der Waals surface area contributed by atoms with Crippen LogP contribution in [0.1, 0.15) is 58.7 Å². The molecule has 1 aromatic heterocycles. The minimum absolute atomic E-state index is 0.0483. The molecule has 0 saturated heterocycles. The predicted octanol–water partition coefficient (Wildman–Crippen LogP) is 6.24. The highest BCUT2D eigenvalue weighted by molar-refractivity contribution is 5.76. The molecule has 3 nitrogen and oxygen atoms in total. The first-order valence-electron chi connectivity index (χ1n) is 11.1. The maximum atomic E-state index is 12.2. The second-order valence-corrected chi connectivity index (χ2v) is 8.51. The van der Waals surface area contributed by atoms with Gasteiger partial charge in [-0.15, -0.1) is 0 Å². The predicted molar refractivity (Wildman–Crippen MR) is 122 cm³/mol. The number of alkyl halides is 1. The Hall–Kier alpha value is -2.38. The van der Waals surface area contributed by atoms with Gasteiger partial charge in [0, 0.05) is 24.1 Å². The van der Waals surface area contributed by atoms with Crippen molar-refractivity contribution in [1.29, 1.82) is 0 Å². The van der Waals surface area contributed by atoms with Gasteiger partial charge in [-0.2, -0.15) is 0 Å². The second kappa shape index (κ2) is 10.6. The van der Waals surface area contributed by atoms with Gasteiger partial charge in [-0.25, -0.2) is 4.98 Å². The van der Waals surface area contributed by atoms with E-state index in [4.69, 9.17) is 9.72 Å². The summed E-state index contributed by atoms with van der Waals surface area (Å²) in [5.41, 5.74) is 4.71. The van der Waals surface area contributed by atoms with Crippen molar-refractivity contribution in [3.05, 3.63) is 53.4 Å². The molecule has 1 aliphatic rings. The summed E-state index contributed by atoms with van der Waals surface area (Å²) < 4.78 is 20.1. The maximum absolute atomic E-state index is 12.2. The zero-order chi connectivity index (χ0) is 21.4. The van der Waals surface area contributed by atoms with Crippen molar-refractivity contribution in [2.45, 2.75) is 59.4 Å². The normalized spacial score (nSPS) is 15.5. The highest BCUT2D eigenvalue weighted by Gasteiger charge is 2.25. The third kappa shape index (κ3) is 5.61. The Morgan fingerprint density at radius 3 is 2.70 bits per heavy atom. The van der Waals surface area contributed by atoms with Crippen LogP contribution in [0.5, 0.6) is 0 Å². The van der Waals surface area contributed by atoms with Crippen LogP contribution in [0.2, 0.25) is 0 Å². The minimum Gasteiger partial charge on any atom is -0.380 e. The van der Waals surface area contributed by atoms with Crippen LogP contribution in [-0.4, -0.2) is 29.4 Å². The molecule has 0 unspecified atom stereocenters. The summed E-state index contributed by atoms with van der Waals surface area (Å²) in [4.78, 5) is 4.76. The molecule has 4 heteroatoms. The van der Waals surface area contributed by atoms with E-state index < -0.39 is 0 Å². The fourth-order valence-corrected chi connectivity index (χ4v) is 3.86. The van der Waals surface area contributed by atoms with Gasteiger partial charge in [0.25, 0.3) is 0 Å². The Morgan fingerprint density at radius 1 is 1.10 bits per heavy atom. The molecule has 0 spiro atoms. The molecule has 0 radical (unpaired) electrons. The molecule has 0 amide bonds. The number of hydrogen-bond donors (Lipinski definition) is 0. The van der Waals surface area contributed by atoms with E-state index in [-0.39, 0.29) is 12.1 Å². The molecule has 2 aromatic rings. The number of allylic oxidation sites excluding steroid dienone is 4. The third-order valence-electron chi connectivity index (χ3n) is 5.68. The summed E-state index contributed by atoms with van der Waals surface area (Å²) in [6.07, 6.45) is 8.92. The number of nitrogens with zero attached hydrogens (tertiary/aromatic N) is 2. The Kier molecular flexibility index (Phi) is 7.87. The summed E-state index contributed by atoms with van der Waals surface area (Å²) in [5, 5.41) is 0. The first-order chi connectivity index (χ1) is 14.5. The van der Waals surface area contributed by atoms with Crippen LogP contribution in [0, 0.1) is 17.3 Å². The molecule has 0 atom stereocenters. The van der Waals surface area contributed by atoms with Crippen molar-refractivity contribution in [1.82, 2.24) is 9.55 Å². The van der Waals surface area contributed by atoms with E-state index >= 15 is 0 Å². The number of ether oxygens (including phenoxy) is 1. The van der Waals surface area contributed by atoms with E-state index in [9.17, 15) is 4.39 Å². The zero-order valence-corrected chi connectivity index (χ0v) is 18.5. The molecule has 0 fully saturated rings. The Morgan fingerprint density at radius 2 is 1.93 bits per heavy atom. The number of hydrogen-bond acceptors (Lipinski definition) is 2. The highest BCUT2D eigenvalue weighted by atomic mass is 19.1. The number of fused-ring (bicyclic) bond motifs is 1. The average Bonchev–Trinajstić information content (AvgIpc) is 3.09. The summed E-state index contributed by atoms with van der Waals surface area (Å²) >= 11 is 0. The maximum Gasteiger partial charge on any atom is 0.186 e. The fourth-order valence-electron chi connectivity index (χ4n) is 3.86. The van der Waals surface area contributed by atoms with Gasteiger partial charge in [-0.05, 0) is 50.2 Å². The van der Waals surface area contributed by atoms with Gasteiger partial charge in [0.1, 0.15) is 0 Å². The van der Waals surface area contributed by atoms with Crippen molar-refractivity contribution in [3.63, 3.8) is 0 Å². The number of unbranched alkanes of at least 4 members (excludes halogenated alkanes) is 2. The molecule has 160 valence electrons. The summed E-state index contributed by atoms with van der Waals surface area (Å²) in [7, 11) is 0. The van der Waals surface area contributed by atoms with Crippen LogP contribution < -0.4 is 0 Å². The molecule has 0 bridgehead atoms. The average molecular weight is 409 g/mol. The van der Waals surface area contributed by atoms with Crippen molar-refractivity contribution < 1.29 is 9.13 Å². The van der Waals surface area contributed by atoms with E-state index in [1.54, 1.807) is 0 Å². The SMILES string of the molecule is CCC1=CC=C(C#Cc2nc3ccccc3n2CCOCCCCCF)C(C)(C)C1. The van der Waals surface area contributed by atoms with E-state index in [2.05, 4.69) is 55.4 Å². The number of rotatable bonds is 9. The topological polar surface area (TPSA) is 27.1 Å². The van der Waals surface area contributed by atoms with E-state index in [1.807, 2.05) is 18.2 Å². The molecular weight excluding hydrogens is 375 g/mol. The molecule has 30 heavy (non-hydrogen) atoms. The lowest BCUT2D eigenvalue weighted by atomic mass is 9.75. The standard InChI is InChI=1S/C26H33FN2O/c1-4-21-12-13-22(26(2,3)20-21)14-15-25-28-23-10-6-7-11-24(23)29(25)17-19-30-18-9-5-8-16-27/h6-7,10-13H,4-5,8-9,16-20H2,1-3H3. The van der Waals surface area contributed by atoms with Crippen molar-refractivity contribution >= 4 is 11.0 Å². The van der Waals surface area contributed by atoms with Gasteiger partial charge < -0.3 is 9.30 Å². The van der Waals surface area contributed by atoms with E-state index in [0.717, 1.165) is 48.1 Å². The van der Waals surface area contributed by atoms with E-state index in [1.165, 1.54) is 5.57 Å². The molecule has 3 rings (SSSR count). The minimum atomic E-state index is -0.244. The molecule has 0 aliphatic heterocycles. The molecule has 1 heterocycles. The number of para-hydroxylation sites is 2. The Labute approximate surface area is 180 Å². The Bertz CT molecular complexity index is 972. The largest absolute Gasteiger partial charge is 0.380 e. The monoisotopic (exact) mass is 408 g/mol. The number of benzene rings is 1. The quantitative estimate of drug-likeness (QED) is 0.363. The van der Waals surface area contributed by atoms with Crippen LogP contribution in [0.3, 0.4) is 0 Å². The lowest BCUT2D eigenvalue weighted by Crippen LogP contribution is -2.17. The van der Waals surface area contributed by atoms with Gasteiger partial charge >= 0.3 is 0 Å². The van der Waals surface area contributed by atoms with Crippen LogP contribution in [0.25, 0.3) is 11.0 Å². The van der Waals surface area contributed by atoms with Gasteiger partial charge in [-0.1, -0.05) is 56.5 Å². The van der Waals surface area contributed by atoms with Crippen LogP contribution in [0.4, 0.5) is 4.39 Å². The number of imidazole rings is 1. The van der Waals surface area contributed by atoms with Gasteiger partial charge in [-0.3, -0.25) is 4.39 Å². The first kappa shape index (κ1) is 22.3. The number of halogens is 1. The van der Waals surface area contributed by atoms with Crippen LogP contribution in [-0.2, 0) is 11.3 Å². The second-order valence-electron chi connectivity index (χ2n) is 8.51. The van der Waals surface area contributed by atoms with E-state index in [0.29, 0.717) is 26.2 Å². The van der Waals surface area contributed by atoms with Crippen molar-refractivity contribution in [3.8, 4) is 11.8 Å². The molecule has 1 aliphatic carbocycles. The van der Waals surface area contributed by atoms with Crippen molar-refractivity contribution in [2.75, 3.05) is 19.9 Å². The molecule has 1 aromatic carbocycles. The first-order valence-corrected chi connectivity index (χ1v) is 11.1. The van der Waals surface area contributed by atoms with Gasteiger partial charge in [0.15, 0.2) is 5.82 Å². The lowest BCUT2D eigenvalue weighted by Gasteiger charge is -2.29. The summed E-state index contributed by atoms with van der Waals surface area (Å²) in [6, 6.07) is 8.13. The van der Waals surface area contributed by atoms with Crippen LogP contribution in [0.15, 0.2) is 47.6 Å². The zero-order valence-electron chi connectivity index (χ0n) is 18.5. The summed E-state index contributed by atoms with van der Waals surface area (Å²) in [5.74, 6) is 7.52. The Balaban J connectivity index is 1.76. The van der Waals surface area contributed by atoms with Gasteiger partial charge in [0.2, 0.25) is 0 Å². The fraction of sp³-hybridized carbons (Fsp3) is 0.500. The lowest BCUT2D eigenvalue weighted by molar-refractivity contribution is 0.122. The van der Waals surface area contributed by atoms with Crippen molar-refractivity contribution in [2.24, 2.45) is 5.41 Å². The van der Waals surface area contributed by atoms with Gasteiger partial charge in [0.05, 0.1) is 24.3 Å².